The number of nitrogens with one attached hydrogen (secondary N) is 2. The van der Waals surface area contributed by atoms with E-state index in [1.165, 1.54) is 12.3 Å². The highest BCUT2D eigenvalue weighted by Gasteiger charge is 2.11. The van der Waals surface area contributed by atoms with Crippen LogP contribution in [0.15, 0.2) is 30.0 Å². The number of halogens is 2. The van der Waals surface area contributed by atoms with E-state index < -0.39 is 5.91 Å². The van der Waals surface area contributed by atoms with Crippen molar-refractivity contribution < 1.29 is 4.79 Å². The summed E-state index contributed by atoms with van der Waals surface area (Å²) in [5.74, 6) is -0.610. The lowest BCUT2D eigenvalue weighted by Crippen LogP contribution is -2.17. The van der Waals surface area contributed by atoms with Crippen LogP contribution in [-0.4, -0.2) is 12.5 Å². The fourth-order valence-corrected chi connectivity index (χ4v) is 1.57. The van der Waals surface area contributed by atoms with Crippen LogP contribution in [0.25, 0.3) is 0 Å². The molecule has 0 atom stereocenters. The van der Waals surface area contributed by atoms with E-state index in [0.29, 0.717) is 22.3 Å². The first-order chi connectivity index (χ1) is 9.58. The van der Waals surface area contributed by atoms with Crippen LogP contribution in [0.1, 0.15) is 6.42 Å². The Morgan fingerprint density at radius 2 is 2.10 bits per heavy atom. The second kappa shape index (κ2) is 8.06. The van der Waals surface area contributed by atoms with Gasteiger partial charge in [0.1, 0.15) is 11.6 Å². The number of anilines is 1. The van der Waals surface area contributed by atoms with E-state index in [-0.39, 0.29) is 12.0 Å². The summed E-state index contributed by atoms with van der Waals surface area (Å²) < 4.78 is 0. The molecule has 5 nitrogen and oxygen atoms in total. The highest BCUT2D eigenvalue weighted by atomic mass is 35.5. The van der Waals surface area contributed by atoms with Crippen LogP contribution < -0.4 is 10.6 Å². The normalized spacial score (nSPS) is 10.3. The van der Waals surface area contributed by atoms with Gasteiger partial charge in [0.25, 0.3) is 5.91 Å². The number of rotatable bonds is 5. The second-order valence-electron chi connectivity index (χ2n) is 3.61. The van der Waals surface area contributed by atoms with E-state index in [0.717, 1.165) is 0 Å². The third-order valence-corrected chi connectivity index (χ3v) is 2.73. The molecular weight excluding hydrogens is 299 g/mol. The van der Waals surface area contributed by atoms with E-state index in [2.05, 4.69) is 10.6 Å². The SMILES string of the molecule is N#CCCN/C=C(/C#N)C(=O)Nc1cc(Cl)ccc1Cl. The van der Waals surface area contributed by atoms with Crippen molar-refractivity contribution in [2.45, 2.75) is 6.42 Å². The van der Waals surface area contributed by atoms with Gasteiger partial charge in [-0.3, -0.25) is 4.79 Å². The molecule has 102 valence electrons. The van der Waals surface area contributed by atoms with Gasteiger partial charge in [-0.05, 0) is 18.2 Å². The molecule has 1 rings (SSSR count). The maximum absolute atomic E-state index is 11.9. The number of carbonyl (C=O) groups is 1. The predicted molar refractivity (Wildman–Crippen MR) is 77.0 cm³/mol. The number of benzene rings is 1. The molecular formula is C13H10Cl2N4O. The van der Waals surface area contributed by atoms with Gasteiger partial charge in [-0.2, -0.15) is 10.5 Å². The van der Waals surface area contributed by atoms with Gasteiger partial charge in [0.2, 0.25) is 0 Å². The molecule has 0 heterocycles. The van der Waals surface area contributed by atoms with Crippen LogP contribution >= 0.6 is 23.2 Å². The standard InChI is InChI=1S/C13H10Cl2N4O/c14-10-2-3-11(15)12(6-10)19-13(20)9(7-17)8-18-5-1-4-16/h2-3,6,8,18H,1,5H2,(H,19,20)/b9-8-. The first-order valence-corrected chi connectivity index (χ1v) is 6.31. The molecule has 0 spiro atoms. The number of hydrogen-bond acceptors (Lipinski definition) is 4. The molecule has 1 aromatic carbocycles. The van der Waals surface area contributed by atoms with E-state index in [1.54, 1.807) is 18.2 Å². The van der Waals surface area contributed by atoms with Crippen molar-refractivity contribution in [3.05, 3.63) is 40.0 Å². The summed E-state index contributed by atoms with van der Waals surface area (Å²) in [4.78, 5) is 11.9. The van der Waals surface area contributed by atoms with Crippen molar-refractivity contribution in [1.82, 2.24) is 5.32 Å². The zero-order chi connectivity index (χ0) is 15.0. The summed E-state index contributed by atoms with van der Waals surface area (Å²) in [6.07, 6.45) is 1.53. The Morgan fingerprint density at radius 1 is 1.35 bits per heavy atom. The van der Waals surface area contributed by atoms with Crippen LogP contribution in [0.2, 0.25) is 10.0 Å². The Balaban J connectivity index is 2.76. The molecule has 20 heavy (non-hydrogen) atoms. The van der Waals surface area contributed by atoms with Gasteiger partial charge in [-0.15, -0.1) is 0 Å². The number of carbonyl (C=O) groups excluding carboxylic acids is 1. The number of amides is 1. The third kappa shape index (κ3) is 4.81. The average Bonchev–Trinajstić information content (AvgIpc) is 2.43. The van der Waals surface area contributed by atoms with E-state index >= 15 is 0 Å². The fraction of sp³-hybridized carbons (Fsp3) is 0.154. The first kappa shape index (κ1) is 15.8. The molecule has 0 saturated carbocycles. The Bertz CT molecular complexity index is 614. The van der Waals surface area contributed by atoms with Crippen molar-refractivity contribution in [1.29, 1.82) is 10.5 Å². The second-order valence-corrected chi connectivity index (χ2v) is 4.45. The summed E-state index contributed by atoms with van der Waals surface area (Å²) in [6, 6.07) is 8.31. The summed E-state index contributed by atoms with van der Waals surface area (Å²) in [5.41, 5.74) is 0.196. The maximum atomic E-state index is 11.9. The molecule has 0 fully saturated rings. The van der Waals surface area contributed by atoms with Gasteiger partial charge in [-0.25, -0.2) is 0 Å². The lowest BCUT2D eigenvalue weighted by molar-refractivity contribution is -0.112. The topological polar surface area (TPSA) is 88.7 Å². The molecule has 7 heteroatoms. The zero-order valence-electron chi connectivity index (χ0n) is 10.3. The molecule has 0 aliphatic carbocycles. The van der Waals surface area contributed by atoms with Crippen molar-refractivity contribution in [2.75, 3.05) is 11.9 Å². The molecule has 0 unspecified atom stereocenters. The van der Waals surface area contributed by atoms with Crippen molar-refractivity contribution in [3.63, 3.8) is 0 Å². The van der Waals surface area contributed by atoms with Crippen LogP contribution in [0.3, 0.4) is 0 Å². The minimum atomic E-state index is -0.610. The summed E-state index contributed by atoms with van der Waals surface area (Å²) >= 11 is 11.7. The van der Waals surface area contributed by atoms with Gasteiger partial charge >= 0.3 is 0 Å². The number of hydrogen-bond donors (Lipinski definition) is 2. The Morgan fingerprint density at radius 3 is 2.75 bits per heavy atom. The first-order valence-electron chi connectivity index (χ1n) is 5.55. The molecule has 1 aromatic rings. The summed E-state index contributed by atoms with van der Waals surface area (Å²) in [7, 11) is 0. The smallest absolute Gasteiger partial charge is 0.267 e. The minimum absolute atomic E-state index is 0.126. The highest BCUT2D eigenvalue weighted by molar-refractivity contribution is 6.35. The van der Waals surface area contributed by atoms with Gasteiger partial charge in [-0.1, -0.05) is 23.2 Å². The quantitative estimate of drug-likeness (QED) is 0.497. The Kier molecular flexibility index (Phi) is 6.39. The molecule has 0 radical (unpaired) electrons. The highest BCUT2D eigenvalue weighted by Crippen LogP contribution is 2.25. The van der Waals surface area contributed by atoms with Gasteiger partial charge < -0.3 is 10.6 Å². The predicted octanol–water partition coefficient (Wildman–Crippen LogP) is 2.84. The van der Waals surface area contributed by atoms with Crippen molar-refractivity contribution in [3.8, 4) is 12.1 Å². The van der Waals surface area contributed by atoms with Crippen LogP contribution in [0.5, 0.6) is 0 Å². The molecule has 0 aliphatic heterocycles. The lowest BCUT2D eigenvalue weighted by atomic mass is 10.2. The van der Waals surface area contributed by atoms with Crippen LogP contribution in [0.4, 0.5) is 5.69 Å². The Hall–Kier alpha value is -2.21. The zero-order valence-corrected chi connectivity index (χ0v) is 11.8. The third-order valence-electron chi connectivity index (χ3n) is 2.17. The average molecular weight is 309 g/mol. The number of nitriles is 2. The van der Waals surface area contributed by atoms with Crippen LogP contribution in [-0.2, 0) is 4.79 Å². The van der Waals surface area contributed by atoms with Gasteiger partial charge in [0.05, 0.1) is 23.2 Å². The van der Waals surface area contributed by atoms with Crippen molar-refractivity contribution in [2.24, 2.45) is 0 Å². The van der Waals surface area contributed by atoms with Gasteiger partial charge in [0.15, 0.2) is 0 Å². The summed E-state index contributed by atoms with van der Waals surface area (Å²) in [6.45, 7) is 0.354. The van der Waals surface area contributed by atoms with E-state index in [4.69, 9.17) is 33.7 Å². The van der Waals surface area contributed by atoms with E-state index in [1.807, 2.05) is 6.07 Å². The largest absolute Gasteiger partial charge is 0.389 e. The lowest BCUT2D eigenvalue weighted by Gasteiger charge is -2.07. The van der Waals surface area contributed by atoms with Crippen molar-refractivity contribution >= 4 is 34.8 Å². The van der Waals surface area contributed by atoms with Crippen LogP contribution in [0, 0.1) is 22.7 Å². The van der Waals surface area contributed by atoms with Gasteiger partial charge in [0, 0.05) is 17.8 Å². The molecule has 0 saturated heterocycles. The minimum Gasteiger partial charge on any atom is -0.389 e. The molecule has 0 aliphatic rings. The summed E-state index contributed by atoms with van der Waals surface area (Å²) in [5, 5.41) is 23.2. The number of nitrogens with zero attached hydrogens (tertiary/aromatic N) is 2. The van der Waals surface area contributed by atoms with E-state index in [9.17, 15) is 4.79 Å². The molecule has 0 bridgehead atoms. The fourth-order valence-electron chi connectivity index (χ4n) is 1.23. The monoisotopic (exact) mass is 308 g/mol. The molecule has 0 aromatic heterocycles. The Labute approximate surface area is 126 Å². The maximum Gasteiger partial charge on any atom is 0.267 e. The molecule has 1 amide bonds. The molecule has 2 N–H and O–H groups in total.